The van der Waals surface area contributed by atoms with Crippen molar-refractivity contribution in [2.24, 2.45) is 0 Å². The number of hydrogen-bond donors (Lipinski definition) is 1. The number of hydrogen-bond acceptors (Lipinski definition) is 4. The van der Waals surface area contributed by atoms with Crippen molar-refractivity contribution in [2.75, 3.05) is 18.1 Å². The van der Waals surface area contributed by atoms with E-state index in [0.29, 0.717) is 5.69 Å². The fourth-order valence-corrected chi connectivity index (χ4v) is 3.99. The summed E-state index contributed by atoms with van der Waals surface area (Å²) in [5.74, 6) is 0. The molecule has 0 spiro atoms. The molecule has 1 aliphatic rings. The Hall–Kier alpha value is -2.45. The number of carbonyl (C=O) groups excluding carboxylic acids is 1. The number of cyclic esters (lactones) is 1. The lowest BCUT2D eigenvalue weighted by Gasteiger charge is -2.32. The Morgan fingerprint density at radius 3 is 2.63 bits per heavy atom. The van der Waals surface area contributed by atoms with Gasteiger partial charge in [-0.1, -0.05) is 24.3 Å². The number of nitrogens with zero attached hydrogens (tertiary/aromatic N) is 1. The van der Waals surface area contributed by atoms with Crippen LogP contribution in [0.15, 0.2) is 53.4 Å². The number of amides is 1. The molecule has 1 aliphatic heterocycles. The molecule has 0 radical (unpaired) electrons. The second-order valence-electron chi connectivity index (χ2n) is 6.25. The van der Waals surface area contributed by atoms with Gasteiger partial charge in [-0.15, -0.1) is 0 Å². The van der Waals surface area contributed by atoms with Crippen LogP contribution in [0.2, 0.25) is 0 Å². The third-order valence-corrected chi connectivity index (χ3v) is 5.77. The molecule has 2 aromatic carbocycles. The molecule has 8 heteroatoms. The number of nitrogens with one attached hydrogen (secondary N) is 1. The predicted molar refractivity (Wildman–Crippen MR) is 99.7 cm³/mol. The van der Waals surface area contributed by atoms with Gasteiger partial charge >= 0.3 is 6.09 Å². The monoisotopic (exact) mass is 392 g/mol. The van der Waals surface area contributed by atoms with E-state index in [2.05, 4.69) is 4.72 Å². The second kappa shape index (κ2) is 8.06. The van der Waals surface area contributed by atoms with Gasteiger partial charge < -0.3 is 4.74 Å². The maximum Gasteiger partial charge on any atom is 0.414 e. The van der Waals surface area contributed by atoms with Crippen LogP contribution in [0.1, 0.15) is 30.6 Å². The van der Waals surface area contributed by atoms with E-state index < -0.39 is 28.9 Å². The highest BCUT2D eigenvalue weighted by Gasteiger charge is 2.30. The van der Waals surface area contributed by atoms with Gasteiger partial charge in [-0.3, -0.25) is 9.29 Å². The van der Waals surface area contributed by atoms with E-state index in [4.69, 9.17) is 4.74 Å². The maximum absolute atomic E-state index is 12.5. The summed E-state index contributed by atoms with van der Waals surface area (Å²) in [6, 6.07) is 13.4. The molecule has 1 N–H and O–H groups in total. The Morgan fingerprint density at radius 1 is 1.19 bits per heavy atom. The first-order valence-corrected chi connectivity index (χ1v) is 10.1. The molecule has 3 rings (SSSR count). The van der Waals surface area contributed by atoms with Crippen LogP contribution in [0, 0.1) is 0 Å². The van der Waals surface area contributed by atoms with Gasteiger partial charge in [0.15, 0.2) is 0 Å². The van der Waals surface area contributed by atoms with Gasteiger partial charge in [0.25, 0.3) is 0 Å². The van der Waals surface area contributed by atoms with Crippen molar-refractivity contribution in [1.82, 2.24) is 4.72 Å². The molecular formula is C19H21FN2O4S. The SMILES string of the molecule is CC1OC(=O)N(CCCF)c2ccc(CNS(=O)(=O)c3ccccc3)cc21. The van der Waals surface area contributed by atoms with Crippen LogP contribution in [-0.2, 0) is 21.3 Å². The van der Waals surface area contributed by atoms with E-state index in [0.717, 1.165) is 11.1 Å². The quantitative estimate of drug-likeness (QED) is 0.782. The Labute approximate surface area is 158 Å². The number of halogens is 1. The van der Waals surface area contributed by atoms with Crippen molar-refractivity contribution in [3.8, 4) is 0 Å². The van der Waals surface area contributed by atoms with Gasteiger partial charge in [-0.25, -0.2) is 17.9 Å². The Kier molecular flexibility index (Phi) is 5.76. The van der Waals surface area contributed by atoms with Crippen LogP contribution < -0.4 is 9.62 Å². The molecule has 0 saturated heterocycles. The van der Waals surface area contributed by atoms with Crippen molar-refractivity contribution < 1.29 is 22.3 Å². The predicted octanol–water partition coefficient (Wildman–Crippen LogP) is 3.54. The number of rotatable bonds is 7. The standard InChI is InChI=1S/C19H21FN2O4S/c1-14-17-12-15(13-21-27(24,25)16-6-3-2-4-7-16)8-9-18(17)22(11-5-10-20)19(23)26-14/h2-4,6-9,12,14,21H,5,10-11,13H2,1H3. The van der Waals surface area contributed by atoms with Crippen LogP contribution >= 0.6 is 0 Å². The van der Waals surface area contributed by atoms with Gasteiger partial charge in [0, 0.05) is 18.7 Å². The number of sulfonamides is 1. The lowest BCUT2D eigenvalue weighted by molar-refractivity contribution is 0.107. The lowest BCUT2D eigenvalue weighted by atomic mass is 10.0. The minimum Gasteiger partial charge on any atom is -0.441 e. The summed E-state index contributed by atoms with van der Waals surface area (Å²) < 4.78 is 45.1. The van der Waals surface area contributed by atoms with Crippen molar-refractivity contribution >= 4 is 21.8 Å². The molecule has 1 unspecified atom stereocenters. The molecule has 0 bridgehead atoms. The molecule has 27 heavy (non-hydrogen) atoms. The fourth-order valence-electron chi connectivity index (χ4n) is 2.95. The first-order valence-electron chi connectivity index (χ1n) is 8.64. The van der Waals surface area contributed by atoms with E-state index in [-0.39, 0.29) is 24.4 Å². The minimum absolute atomic E-state index is 0.107. The van der Waals surface area contributed by atoms with E-state index in [1.807, 2.05) is 6.07 Å². The fraction of sp³-hybridized carbons (Fsp3) is 0.316. The molecular weight excluding hydrogens is 371 g/mol. The number of carbonyl (C=O) groups is 1. The first-order chi connectivity index (χ1) is 12.9. The normalized spacial score (nSPS) is 16.7. The maximum atomic E-state index is 12.5. The second-order valence-corrected chi connectivity index (χ2v) is 8.02. The van der Waals surface area contributed by atoms with Gasteiger partial charge in [-0.2, -0.15) is 0 Å². The molecule has 1 atom stereocenters. The number of fused-ring (bicyclic) bond motifs is 1. The summed E-state index contributed by atoms with van der Waals surface area (Å²) in [6.45, 7) is 1.57. The van der Waals surface area contributed by atoms with Crippen LogP contribution in [-0.4, -0.2) is 27.7 Å². The number of benzene rings is 2. The molecule has 0 aliphatic carbocycles. The molecule has 0 fully saturated rings. The zero-order valence-corrected chi connectivity index (χ0v) is 15.7. The number of ether oxygens (including phenoxy) is 1. The van der Waals surface area contributed by atoms with E-state index in [9.17, 15) is 17.6 Å². The Bertz CT molecular complexity index is 919. The highest BCUT2D eigenvalue weighted by atomic mass is 32.2. The summed E-state index contributed by atoms with van der Waals surface area (Å²) in [5, 5.41) is 0. The average Bonchev–Trinajstić information content (AvgIpc) is 2.67. The molecule has 0 saturated carbocycles. The van der Waals surface area contributed by atoms with E-state index in [1.54, 1.807) is 37.3 Å². The highest BCUT2D eigenvalue weighted by Crippen LogP contribution is 2.35. The lowest BCUT2D eigenvalue weighted by Crippen LogP contribution is -2.38. The third-order valence-electron chi connectivity index (χ3n) is 4.35. The molecule has 144 valence electrons. The summed E-state index contributed by atoms with van der Waals surface area (Å²) >= 11 is 0. The van der Waals surface area contributed by atoms with Crippen LogP contribution in [0.25, 0.3) is 0 Å². The highest BCUT2D eigenvalue weighted by molar-refractivity contribution is 7.89. The van der Waals surface area contributed by atoms with E-state index >= 15 is 0 Å². The molecule has 0 aromatic heterocycles. The van der Waals surface area contributed by atoms with Crippen LogP contribution in [0.4, 0.5) is 14.9 Å². The summed E-state index contributed by atoms with van der Waals surface area (Å²) in [4.78, 5) is 13.7. The summed E-state index contributed by atoms with van der Waals surface area (Å²) in [7, 11) is -3.61. The number of anilines is 1. The van der Waals surface area contributed by atoms with Crippen molar-refractivity contribution in [1.29, 1.82) is 0 Å². The van der Waals surface area contributed by atoms with Crippen LogP contribution in [0.5, 0.6) is 0 Å². The average molecular weight is 392 g/mol. The van der Waals surface area contributed by atoms with Gasteiger partial charge in [0.05, 0.1) is 17.3 Å². The zero-order chi connectivity index (χ0) is 19.4. The largest absolute Gasteiger partial charge is 0.441 e. The summed E-state index contributed by atoms with van der Waals surface area (Å²) in [6.07, 6.45) is -0.734. The van der Waals surface area contributed by atoms with Crippen molar-refractivity contribution in [3.63, 3.8) is 0 Å². The van der Waals surface area contributed by atoms with Gasteiger partial charge in [0.2, 0.25) is 10.0 Å². The third kappa shape index (κ3) is 4.28. The Morgan fingerprint density at radius 2 is 1.93 bits per heavy atom. The molecule has 2 aromatic rings. The topological polar surface area (TPSA) is 75.7 Å². The molecule has 1 amide bonds. The van der Waals surface area contributed by atoms with Gasteiger partial charge in [-0.05, 0) is 43.2 Å². The zero-order valence-electron chi connectivity index (χ0n) is 14.9. The van der Waals surface area contributed by atoms with Gasteiger partial charge in [0.1, 0.15) is 6.10 Å². The number of alkyl halides is 1. The van der Waals surface area contributed by atoms with E-state index in [1.165, 1.54) is 17.0 Å². The smallest absolute Gasteiger partial charge is 0.414 e. The minimum atomic E-state index is -3.61. The van der Waals surface area contributed by atoms with Crippen LogP contribution in [0.3, 0.4) is 0 Å². The summed E-state index contributed by atoms with van der Waals surface area (Å²) in [5.41, 5.74) is 2.18. The molecule has 6 nitrogen and oxygen atoms in total. The Balaban J connectivity index is 1.79. The van der Waals surface area contributed by atoms with Crippen molar-refractivity contribution in [2.45, 2.75) is 30.9 Å². The first kappa shape index (κ1) is 19.3. The molecule has 1 heterocycles. The van der Waals surface area contributed by atoms with Crippen molar-refractivity contribution in [3.05, 3.63) is 59.7 Å².